The van der Waals surface area contributed by atoms with Gasteiger partial charge in [-0.05, 0) is 31.5 Å². The summed E-state index contributed by atoms with van der Waals surface area (Å²) >= 11 is 3.26. The van der Waals surface area contributed by atoms with Crippen molar-refractivity contribution in [3.8, 4) is 6.07 Å². The Balaban J connectivity index is 3.09. The zero-order valence-electron chi connectivity index (χ0n) is 8.86. The fourth-order valence-electron chi connectivity index (χ4n) is 1.07. The maximum Gasteiger partial charge on any atom is 0.241 e. The Morgan fingerprint density at radius 1 is 1.50 bits per heavy atom. The minimum Gasteiger partial charge on any atom is -0.207 e. The molecule has 0 saturated carbocycles. The van der Waals surface area contributed by atoms with Crippen LogP contribution in [-0.4, -0.2) is 14.5 Å². The zero-order chi connectivity index (χ0) is 12.3. The van der Waals surface area contributed by atoms with Crippen LogP contribution in [-0.2, 0) is 10.0 Å². The first-order valence-corrected chi connectivity index (χ1v) is 6.82. The fourth-order valence-corrected chi connectivity index (χ4v) is 2.77. The number of nitrogens with one attached hydrogen (secondary N) is 1. The van der Waals surface area contributed by atoms with E-state index in [4.69, 9.17) is 5.26 Å². The second kappa shape index (κ2) is 4.95. The van der Waals surface area contributed by atoms with Crippen LogP contribution in [0.15, 0.2) is 27.6 Å². The van der Waals surface area contributed by atoms with Gasteiger partial charge in [0.05, 0.1) is 11.0 Å². The van der Waals surface area contributed by atoms with Crippen molar-refractivity contribution in [1.29, 1.82) is 5.26 Å². The van der Waals surface area contributed by atoms with Gasteiger partial charge in [-0.3, -0.25) is 0 Å². The number of hydrogen-bond donors (Lipinski definition) is 1. The minimum atomic E-state index is -3.61. The maximum absolute atomic E-state index is 11.8. The van der Waals surface area contributed by atoms with Crippen LogP contribution in [0.4, 0.5) is 0 Å². The van der Waals surface area contributed by atoms with Gasteiger partial charge in [-0.25, -0.2) is 8.42 Å². The lowest BCUT2D eigenvalue weighted by molar-refractivity contribution is 0.577. The molecule has 0 aliphatic heterocycles. The Labute approximate surface area is 103 Å². The number of nitrogens with zero attached hydrogens (tertiary/aromatic N) is 1. The predicted molar refractivity (Wildman–Crippen MR) is 64.3 cm³/mol. The third kappa shape index (κ3) is 3.04. The molecule has 1 aromatic rings. The molecule has 0 fully saturated rings. The third-order valence-corrected chi connectivity index (χ3v) is 4.37. The Hall–Kier alpha value is -0.900. The van der Waals surface area contributed by atoms with Crippen molar-refractivity contribution in [2.24, 2.45) is 0 Å². The SMILES string of the molecule is Cc1ccc(S(=O)(=O)N[C@@H](C)C#N)cc1Br. The molecule has 1 atom stereocenters. The van der Waals surface area contributed by atoms with Gasteiger partial charge in [-0.2, -0.15) is 9.98 Å². The van der Waals surface area contributed by atoms with Gasteiger partial charge in [0.2, 0.25) is 10.0 Å². The number of sulfonamides is 1. The summed E-state index contributed by atoms with van der Waals surface area (Å²) in [6, 6.07) is 5.80. The molecule has 86 valence electrons. The molecule has 0 aliphatic carbocycles. The number of aryl methyl sites for hydroxylation is 1. The number of rotatable bonds is 3. The van der Waals surface area contributed by atoms with E-state index in [1.807, 2.05) is 13.0 Å². The highest BCUT2D eigenvalue weighted by Gasteiger charge is 2.17. The van der Waals surface area contributed by atoms with E-state index >= 15 is 0 Å². The van der Waals surface area contributed by atoms with Crippen LogP contribution in [0, 0.1) is 18.3 Å². The van der Waals surface area contributed by atoms with E-state index in [-0.39, 0.29) is 4.90 Å². The molecule has 0 saturated heterocycles. The molecule has 16 heavy (non-hydrogen) atoms. The Bertz CT molecular complexity index is 534. The first-order valence-electron chi connectivity index (χ1n) is 4.55. The molecule has 0 unspecified atom stereocenters. The van der Waals surface area contributed by atoms with E-state index in [0.717, 1.165) is 10.0 Å². The first-order chi connectivity index (χ1) is 7.36. The molecule has 0 bridgehead atoms. The van der Waals surface area contributed by atoms with Gasteiger partial charge in [-0.15, -0.1) is 0 Å². The van der Waals surface area contributed by atoms with Crippen molar-refractivity contribution in [3.05, 3.63) is 28.2 Å². The summed E-state index contributed by atoms with van der Waals surface area (Å²) in [4.78, 5) is 0.145. The molecule has 0 spiro atoms. The molecule has 0 radical (unpaired) electrons. The Kier molecular flexibility index (Phi) is 4.08. The van der Waals surface area contributed by atoms with Gasteiger partial charge in [0.1, 0.15) is 6.04 Å². The van der Waals surface area contributed by atoms with Gasteiger partial charge in [-0.1, -0.05) is 22.0 Å². The zero-order valence-corrected chi connectivity index (χ0v) is 11.3. The van der Waals surface area contributed by atoms with Crippen molar-refractivity contribution in [3.63, 3.8) is 0 Å². The van der Waals surface area contributed by atoms with E-state index < -0.39 is 16.1 Å². The summed E-state index contributed by atoms with van der Waals surface area (Å²) in [5.74, 6) is 0. The molecule has 1 aromatic carbocycles. The lowest BCUT2D eigenvalue weighted by atomic mass is 10.2. The van der Waals surface area contributed by atoms with Crippen molar-refractivity contribution >= 4 is 26.0 Å². The van der Waals surface area contributed by atoms with Crippen LogP contribution >= 0.6 is 15.9 Å². The summed E-state index contributed by atoms with van der Waals surface area (Å²) in [5, 5.41) is 8.56. The van der Waals surface area contributed by atoms with Crippen molar-refractivity contribution in [2.75, 3.05) is 0 Å². The average Bonchev–Trinajstić information content (AvgIpc) is 2.21. The summed E-state index contributed by atoms with van der Waals surface area (Å²) in [5.41, 5.74) is 0.951. The molecule has 0 aromatic heterocycles. The van der Waals surface area contributed by atoms with Crippen LogP contribution in [0.25, 0.3) is 0 Å². The highest BCUT2D eigenvalue weighted by molar-refractivity contribution is 9.10. The Morgan fingerprint density at radius 2 is 2.12 bits per heavy atom. The molecule has 6 heteroatoms. The Morgan fingerprint density at radius 3 is 2.62 bits per heavy atom. The monoisotopic (exact) mass is 302 g/mol. The number of halogens is 1. The second-order valence-electron chi connectivity index (χ2n) is 3.38. The summed E-state index contributed by atoms with van der Waals surface area (Å²) in [6.07, 6.45) is 0. The van der Waals surface area contributed by atoms with E-state index in [1.54, 1.807) is 6.07 Å². The predicted octanol–water partition coefficient (Wildman–Crippen LogP) is 1.95. The normalized spacial score (nSPS) is 13.1. The summed E-state index contributed by atoms with van der Waals surface area (Å²) in [6.45, 7) is 3.35. The summed E-state index contributed by atoms with van der Waals surface area (Å²) in [7, 11) is -3.61. The van der Waals surface area contributed by atoms with E-state index in [1.165, 1.54) is 19.1 Å². The van der Waals surface area contributed by atoms with Gasteiger partial charge in [0.25, 0.3) is 0 Å². The molecular formula is C10H11BrN2O2S. The number of nitriles is 1. The van der Waals surface area contributed by atoms with Crippen LogP contribution in [0.1, 0.15) is 12.5 Å². The van der Waals surface area contributed by atoms with Crippen LogP contribution in [0.3, 0.4) is 0 Å². The van der Waals surface area contributed by atoms with Crippen LogP contribution < -0.4 is 4.72 Å². The van der Waals surface area contributed by atoms with Gasteiger partial charge in [0.15, 0.2) is 0 Å². The largest absolute Gasteiger partial charge is 0.241 e. The number of benzene rings is 1. The van der Waals surface area contributed by atoms with Crippen LogP contribution in [0.2, 0.25) is 0 Å². The molecular weight excluding hydrogens is 292 g/mol. The van der Waals surface area contributed by atoms with Crippen molar-refractivity contribution in [2.45, 2.75) is 24.8 Å². The highest BCUT2D eigenvalue weighted by Crippen LogP contribution is 2.20. The fraction of sp³-hybridized carbons (Fsp3) is 0.300. The quantitative estimate of drug-likeness (QED) is 0.928. The summed E-state index contributed by atoms with van der Waals surface area (Å²) < 4.78 is 26.5. The van der Waals surface area contributed by atoms with Crippen LogP contribution in [0.5, 0.6) is 0 Å². The van der Waals surface area contributed by atoms with Crippen molar-refractivity contribution < 1.29 is 8.42 Å². The highest BCUT2D eigenvalue weighted by atomic mass is 79.9. The molecule has 0 heterocycles. The van der Waals surface area contributed by atoms with Gasteiger partial charge in [0, 0.05) is 4.47 Å². The minimum absolute atomic E-state index is 0.145. The molecule has 1 rings (SSSR count). The smallest absolute Gasteiger partial charge is 0.207 e. The van der Waals surface area contributed by atoms with Gasteiger partial charge >= 0.3 is 0 Å². The van der Waals surface area contributed by atoms with E-state index in [0.29, 0.717) is 0 Å². The second-order valence-corrected chi connectivity index (χ2v) is 5.95. The lowest BCUT2D eigenvalue weighted by Gasteiger charge is -2.08. The first kappa shape index (κ1) is 13.2. The topological polar surface area (TPSA) is 70.0 Å². The van der Waals surface area contributed by atoms with E-state index in [2.05, 4.69) is 20.7 Å². The third-order valence-electron chi connectivity index (χ3n) is 1.98. The van der Waals surface area contributed by atoms with E-state index in [9.17, 15) is 8.42 Å². The molecule has 4 nitrogen and oxygen atoms in total. The average molecular weight is 303 g/mol. The van der Waals surface area contributed by atoms with Gasteiger partial charge < -0.3 is 0 Å². The molecule has 0 amide bonds. The maximum atomic E-state index is 11.8. The molecule has 0 aliphatic rings. The van der Waals surface area contributed by atoms with Crippen molar-refractivity contribution in [1.82, 2.24) is 4.72 Å². The number of hydrogen-bond acceptors (Lipinski definition) is 3. The standard InChI is InChI=1S/C10H11BrN2O2S/c1-7-3-4-9(5-10(7)11)16(14,15)13-8(2)6-12/h3-5,8,13H,1-2H3/t8-/m0/s1. The lowest BCUT2D eigenvalue weighted by Crippen LogP contribution is -2.31. The molecule has 1 N–H and O–H groups in total.